The van der Waals surface area contributed by atoms with Crippen LogP contribution < -0.4 is 4.90 Å². The molecule has 1 heterocycles. The lowest BCUT2D eigenvalue weighted by atomic mass is 10.1. The minimum atomic E-state index is 0.248. The zero-order valence-electron chi connectivity index (χ0n) is 22.6. The van der Waals surface area contributed by atoms with Gasteiger partial charge in [0, 0.05) is 30.1 Å². The van der Waals surface area contributed by atoms with Crippen molar-refractivity contribution in [2.75, 3.05) is 11.9 Å². The highest BCUT2D eigenvalue weighted by Crippen LogP contribution is 2.30. The zero-order chi connectivity index (χ0) is 27.2. The van der Waals surface area contributed by atoms with Gasteiger partial charge in [0.1, 0.15) is 11.6 Å². The minimum Gasteiger partial charge on any atom is -0.508 e. The van der Waals surface area contributed by atoms with Crippen molar-refractivity contribution in [3.05, 3.63) is 139 Å². The van der Waals surface area contributed by atoms with Crippen LogP contribution in [0.4, 0.5) is 11.4 Å². The summed E-state index contributed by atoms with van der Waals surface area (Å²) < 4.78 is 2.09. The molecule has 194 valence electrons. The van der Waals surface area contributed by atoms with Gasteiger partial charge in [0.15, 0.2) is 0 Å². The second kappa shape index (κ2) is 11.7. The normalized spacial score (nSPS) is 10.6. The first-order valence-corrected chi connectivity index (χ1v) is 13.3. The van der Waals surface area contributed by atoms with E-state index in [-0.39, 0.29) is 5.75 Å². The summed E-state index contributed by atoms with van der Waals surface area (Å²) in [6, 6.07) is 42.6. The van der Waals surface area contributed by atoms with Crippen molar-refractivity contribution in [3.8, 4) is 22.8 Å². The molecule has 0 bridgehead atoms. The van der Waals surface area contributed by atoms with Crippen LogP contribution in [-0.4, -0.2) is 21.7 Å². The number of benzene rings is 5. The molecule has 0 aliphatic carbocycles. The van der Waals surface area contributed by atoms with Gasteiger partial charge in [-0.05, 0) is 66.9 Å². The molecule has 0 saturated heterocycles. The SMILES string of the molecule is CCc1ccc(-c2nc3ccccc3n2-c2cccc(O)c2)cc1.Cc1ccccc1N(C)c1ccccc1. The topological polar surface area (TPSA) is 41.3 Å². The van der Waals surface area contributed by atoms with Crippen molar-refractivity contribution < 1.29 is 5.11 Å². The van der Waals surface area contributed by atoms with E-state index in [0.717, 1.165) is 34.5 Å². The van der Waals surface area contributed by atoms with E-state index in [1.165, 1.54) is 22.5 Å². The fourth-order valence-electron chi connectivity index (χ4n) is 4.73. The maximum atomic E-state index is 9.88. The number of nitrogens with zero attached hydrogens (tertiary/aromatic N) is 3. The lowest BCUT2D eigenvalue weighted by Gasteiger charge is -2.21. The zero-order valence-corrected chi connectivity index (χ0v) is 22.6. The molecule has 4 heteroatoms. The smallest absolute Gasteiger partial charge is 0.145 e. The molecule has 6 aromatic rings. The lowest BCUT2D eigenvalue weighted by molar-refractivity contribution is 0.475. The Bertz CT molecular complexity index is 1670. The molecular weight excluding hydrogens is 478 g/mol. The summed E-state index contributed by atoms with van der Waals surface area (Å²) in [5.74, 6) is 1.13. The number of aromatic nitrogens is 2. The highest BCUT2D eigenvalue weighted by atomic mass is 16.3. The van der Waals surface area contributed by atoms with Crippen LogP contribution in [0.2, 0.25) is 0 Å². The van der Waals surface area contributed by atoms with Crippen molar-refractivity contribution in [2.45, 2.75) is 20.3 Å². The second-order valence-electron chi connectivity index (χ2n) is 9.51. The number of anilines is 2. The molecule has 6 rings (SSSR count). The summed E-state index contributed by atoms with van der Waals surface area (Å²) in [7, 11) is 2.09. The predicted octanol–water partition coefficient (Wildman–Crippen LogP) is 8.72. The van der Waals surface area contributed by atoms with Gasteiger partial charge in [0.05, 0.1) is 16.7 Å². The number of hydrogen-bond donors (Lipinski definition) is 1. The average Bonchev–Trinajstić information content (AvgIpc) is 3.38. The van der Waals surface area contributed by atoms with Crippen LogP contribution in [0.15, 0.2) is 127 Å². The van der Waals surface area contributed by atoms with Gasteiger partial charge in [-0.1, -0.05) is 85.8 Å². The molecular formula is C35H33N3O. The molecule has 1 N–H and O–H groups in total. The number of hydrogen-bond acceptors (Lipinski definition) is 3. The van der Waals surface area contributed by atoms with E-state index in [2.05, 4.69) is 109 Å². The third-order valence-corrected chi connectivity index (χ3v) is 6.89. The Labute approximate surface area is 230 Å². The molecule has 0 saturated carbocycles. The Kier molecular flexibility index (Phi) is 7.74. The number of imidazole rings is 1. The van der Waals surface area contributed by atoms with Gasteiger partial charge in [-0.25, -0.2) is 4.98 Å². The van der Waals surface area contributed by atoms with Gasteiger partial charge in [-0.15, -0.1) is 0 Å². The Hall–Kier alpha value is -4.83. The van der Waals surface area contributed by atoms with Gasteiger partial charge < -0.3 is 10.0 Å². The minimum absolute atomic E-state index is 0.248. The molecule has 5 aromatic carbocycles. The molecule has 0 unspecified atom stereocenters. The van der Waals surface area contributed by atoms with Gasteiger partial charge in [0.25, 0.3) is 0 Å². The van der Waals surface area contributed by atoms with Crippen LogP contribution >= 0.6 is 0 Å². The molecule has 0 aliphatic heterocycles. The van der Waals surface area contributed by atoms with E-state index in [4.69, 9.17) is 4.98 Å². The van der Waals surface area contributed by atoms with Gasteiger partial charge in [0.2, 0.25) is 0 Å². The molecule has 0 fully saturated rings. The van der Waals surface area contributed by atoms with Crippen LogP contribution in [0.25, 0.3) is 28.1 Å². The first kappa shape index (κ1) is 25.8. The first-order chi connectivity index (χ1) is 19.0. The molecule has 4 nitrogen and oxygen atoms in total. The summed E-state index contributed by atoms with van der Waals surface area (Å²) in [6.45, 7) is 4.28. The van der Waals surface area contributed by atoms with Crippen molar-refractivity contribution in [1.82, 2.24) is 9.55 Å². The molecule has 0 radical (unpaired) electrons. The van der Waals surface area contributed by atoms with E-state index >= 15 is 0 Å². The molecule has 39 heavy (non-hydrogen) atoms. The van der Waals surface area contributed by atoms with Gasteiger partial charge in [-0.2, -0.15) is 0 Å². The summed E-state index contributed by atoms with van der Waals surface area (Å²) in [5.41, 5.74) is 9.00. The Morgan fingerprint density at radius 3 is 2.15 bits per heavy atom. The number of para-hydroxylation sites is 4. The molecule has 0 amide bonds. The molecule has 0 aliphatic rings. The van der Waals surface area contributed by atoms with E-state index < -0.39 is 0 Å². The van der Waals surface area contributed by atoms with Gasteiger partial charge in [-0.3, -0.25) is 4.57 Å². The highest BCUT2D eigenvalue weighted by molar-refractivity contribution is 5.83. The number of phenols is 1. The number of aromatic hydroxyl groups is 1. The summed E-state index contributed by atoms with van der Waals surface area (Å²) in [5, 5.41) is 9.88. The maximum absolute atomic E-state index is 9.88. The summed E-state index contributed by atoms with van der Waals surface area (Å²) >= 11 is 0. The predicted molar refractivity (Wildman–Crippen MR) is 163 cm³/mol. The van der Waals surface area contributed by atoms with E-state index in [1.807, 2.05) is 36.4 Å². The average molecular weight is 512 g/mol. The molecule has 0 spiro atoms. The molecule has 0 atom stereocenters. The van der Waals surface area contributed by atoms with E-state index in [1.54, 1.807) is 12.1 Å². The van der Waals surface area contributed by atoms with Crippen molar-refractivity contribution >= 4 is 22.4 Å². The van der Waals surface area contributed by atoms with Crippen LogP contribution in [-0.2, 0) is 6.42 Å². The number of aryl methyl sites for hydroxylation is 2. The lowest BCUT2D eigenvalue weighted by Crippen LogP contribution is -2.10. The van der Waals surface area contributed by atoms with Gasteiger partial charge >= 0.3 is 0 Å². The largest absolute Gasteiger partial charge is 0.508 e. The van der Waals surface area contributed by atoms with Crippen molar-refractivity contribution in [1.29, 1.82) is 0 Å². The van der Waals surface area contributed by atoms with Crippen molar-refractivity contribution in [3.63, 3.8) is 0 Å². The fourth-order valence-corrected chi connectivity index (χ4v) is 4.73. The molecule has 1 aromatic heterocycles. The monoisotopic (exact) mass is 511 g/mol. The van der Waals surface area contributed by atoms with Crippen LogP contribution in [0.1, 0.15) is 18.1 Å². The Morgan fingerprint density at radius 1 is 0.744 bits per heavy atom. The quantitative estimate of drug-likeness (QED) is 0.252. The van der Waals surface area contributed by atoms with Crippen LogP contribution in [0.5, 0.6) is 5.75 Å². The Balaban J connectivity index is 0.000000177. The van der Waals surface area contributed by atoms with Crippen LogP contribution in [0.3, 0.4) is 0 Å². The standard InChI is InChI=1S/C21H18N2O.C14H15N/c1-2-15-10-12-16(13-11-15)21-22-19-8-3-4-9-20(19)23(21)17-6-5-7-18(24)14-17;1-12-8-6-7-11-14(12)15(2)13-9-4-3-5-10-13/h3-14,24H,2H2,1H3;3-11H,1-2H3. The second-order valence-corrected chi connectivity index (χ2v) is 9.51. The van der Waals surface area contributed by atoms with Crippen molar-refractivity contribution in [2.24, 2.45) is 0 Å². The maximum Gasteiger partial charge on any atom is 0.145 e. The van der Waals surface area contributed by atoms with E-state index in [9.17, 15) is 5.11 Å². The first-order valence-electron chi connectivity index (χ1n) is 13.3. The highest BCUT2D eigenvalue weighted by Gasteiger charge is 2.14. The Morgan fingerprint density at radius 2 is 1.44 bits per heavy atom. The number of fused-ring (bicyclic) bond motifs is 1. The van der Waals surface area contributed by atoms with E-state index in [0.29, 0.717) is 0 Å². The fraction of sp³-hybridized carbons (Fsp3) is 0.114. The van der Waals surface area contributed by atoms with Crippen LogP contribution in [0, 0.1) is 6.92 Å². The third-order valence-electron chi connectivity index (χ3n) is 6.89. The number of rotatable bonds is 5. The summed E-state index contributed by atoms with van der Waals surface area (Å²) in [4.78, 5) is 7.03. The third kappa shape index (κ3) is 5.70. The number of phenolic OH excluding ortho intramolecular Hbond substituents is 1. The summed E-state index contributed by atoms with van der Waals surface area (Å²) in [6.07, 6.45) is 1.02.